The molecule has 2 aliphatic heterocycles. The highest BCUT2D eigenvalue weighted by atomic mass is 16.4. The number of pyridine rings is 1. The van der Waals surface area contributed by atoms with Crippen molar-refractivity contribution in [2.45, 2.75) is 45.3 Å². The summed E-state index contributed by atoms with van der Waals surface area (Å²) in [5.41, 5.74) is 5.26. The van der Waals surface area contributed by atoms with E-state index in [-0.39, 0.29) is 6.04 Å². The molecule has 4 heterocycles. The molecule has 0 aromatic carbocycles. The van der Waals surface area contributed by atoms with Crippen LogP contribution >= 0.6 is 0 Å². The van der Waals surface area contributed by atoms with Crippen molar-refractivity contribution in [2.75, 3.05) is 0 Å². The number of aromatic nitrogens is 3. The van der Waals surface area contributed by atoms with Gasteiger partial charge in [0.2, 0.25) is 0 Å². The zero-order chi connectivity index (χ0) is 15.3. The van der Waals surface area contributed by atoms with Gasteiger partial charge >= 0.3 is 6.09 Å². The van der Waals surface area contributed by atoms with Gasteiger partial charge in [-0.2, -0.15) is 5.10 Å². The van der Waals surface area contributed by atoms with Crippen LogP contribution in [0, 0.1) is 0 Å². The summed E-state index contributed by atoms with van der Waals surface area (Å²) < 4.78 is 2.03. The Labute approximate surface area is 128 Å². The summed E-state index contributed by atoms with van der Waals surface area (Å²) in [6.45, 7) is 3.20. The molecule has 6 heteroatoms. The van der Waals surface area contributed by atoms with E-state index >= 15 is 0 Å². The molecule has 0 aliphatic carbocycles. The Kier molecular flexibility index (Phi) is 2.92. The molecule has 0 radical (unpaired) electrons. The molecule has 2 aliphatic rings. The van der Waals surface area contributed by atoms with Crippen LogP contribution in [-0.4, -0.2) is 36.9 Å². The van der Waals surface area contributed by atoms with Gasteiger partial charge in [0.25, 0.3) is 0 Å². The number of aryl methyl sites for hydroxylation is 2. The van der Waals surface area contributed by atoms with Gasteiger partial charge in [-0.1, -0.05) is 6.07 Å². The molecule has 0 bridgehead atoms. The molecule has 2 aromatic heterocycles. The van der Waals surface area contributed by atoms with Gasteiger partial charge in [0, 0.05) is 30.8 Å². The van der Waals surface area contributed by atoms with E-state index in [2.05, 4.69) is 11.1 Å². The highest BCUT2D eigenvalue weighted by Crippen LogP contribution is 2.35. The fourth-order valence-corrected chi connectivity index (χ4v) is 3.55. The van der Waals surface area contributed by atoms with Crippen LogP contribution in [0.15, 0.2) is 18.3 Å². The van der Waals surface area contributed by atoms with E-state index in [1.165, 1.54) is 10.5 Å². The Morgan fingerprint density at radius 1 is 1.45 bits per heavy atom. The van der Waals surface area contributed by atoms with Gasteiger partial charge in [-0.15, -0.1) is 0 Å². The minimum atomic E-state index is -0.868. The van der Waals surface area contributed by atoms with Crippen LogP contribution in [0.2, 0.25) is 0 Å². The molecule has 1 amide bonds. The fraction of sp³-hybridized carbons (Fsp3) is 0.438. The van der Waals surface area contributed by atoms with Gasteiger partial charge in [-0.25, -0.2) is 4.79 Å². The second-order valence-electron chi connectivity index (χ2n) is 6.08. The Hall–Kier alpha value is -2.37. The molecule has 4 rings (SSSR count). The normalized spacial score (nSPS) is 19.9. The smallest absolute Gasteiger partial charge is 0.407 e. The second kappa shape index (κ2) is 4.83. The van der Waals surface area contributed by atoms with Crippen LogP contribution in [-0.2, 0) is 25.9 Å². The maximum atomic E-state index is 11.5. The van der Waals surface area contributed by atoms with E-state index in [1.54, 1.807) is 6.20 Å². The average Bonchev–Trinajstić information content (AvgIpc) is 2.73. The molecule has 0 spiro atoms. The lowest BCUT2D eigenvalue weighted by molar-refractivity contribution is 0.119. The van der Waals surface area contributed by atoms with Crippen LogP contribution in [0.4, 0.5) is 4.79 Å². The minimum Gasteiger partial charge on any atom is -0.465 e. The third-order valence-electron chi connectivity index (χ3n) is 4.66. The maximum absolute atomic E-state index is 11.5. The lowest BCUT2D eigenvalue weighted by Crippen LogP contribution is -2.41. The number of hydrogen-bond donors (Lipinski definition) is 1. The molecule has 2 aromatic rings. The Morgan fingerprint density at radius 2 is 2.32 bits per heavy atom. The summed E-state index contributed by atoms with van der Waals surface area (Å²) in [6, 6.07) is 4.04. The summed E-state index contributed by atoms with van der Waals surface area (Å²) in [5.74, 6) is 0. The number of amides is 1. The van der Waals surface area contributed by atoms with Crippen LogP contribution in [0.25, 0.3) is 11.4 Å². The number of hydrogen-bond acceptors (Lipinski definition) is 3. The van der Waals surface area contributed by atoms with Crippen molar-refractivity contribution in [1.29, 1.82) is 0 Å². The van der Waals surface area contributed by atoms with Gasteiger partial charge in [-0.3, -0.25) is 9.67 Å². The average molecular weight is 298 g/mol. The number of carboxylic acid groups (broad SMARTS) is 1. The van der Waals surface area contributed by atoms with E-state index in [9.17, 15) is 9.90 Å². The maximum Gasteiger partial charge on any atom is 0.407 e. The summed E-state index contributed by atoms with van der Waals surface area (Å²) in [7, 11) is 0. The van der Waals surface area contributed by atoms with E-state index in [0.717, 1.165) is 42.0 Å². The monoisotopic (exact) mass is 298 g/mol. The summed E-state index contributed by atoms with van der Waals surface area (Å²) in [5, 5.41) is 14.2. The number of carbonyl (C=O) groups is 1. The molecule has 22 heavy (non-hydrogen) atoms. The number of fused-ring (bicyclic) bond motifs is 5. The molecule has 0 fully saturated rings. The van der Waals surface area contributed by atoms with Crippen molar-refractivity contribution in [2.24, 2.45) is 0 Å². The summed E-state index contributed by atoms with van der Waals surface area (Å²) in [6.07, 6.45) is 3.62. The van der Waals surface area contributed by atoms with Gasteiger partial charge in [-0.05, 0) is 31.4 Å². The molecular weight excluding hydrogens is 280 g/mol. The zero-order valence-corrected chi connectivity index (χ0v) is 12.5. The Bertz CT molecular complexity index is 753. The Balaban J connectivity index is 1.89. The first-order chi connectivity index (χ1) is 10.6. The first-order valence-electron chi connectivity index (χ1n) is 7.67. The minimum absolute atomic E-state index is 0.0349. The third-order valence-corrected chi connectivity index (χ3v) is 4.66. The Morgan fingerprint density at radius 3 is 3.14 bits per heavy atom. The SMILES string of the molecule is CC1Cc2nn3c(c2CN1C(=O)O)-c1ncccc1CCC3. The molecular formula is C16H18N4O2. The van der Waals surface area contributed by atoms with Crippen molar-refractivity contribution in [3.05, 3.63) is 35.2 Å². The van der Waals surface area contributed by atoms with E-state index in [4.69, 9.17) is 5.10 Å². The van der Waals surface area contributed by atoms with Gasteiger partial charge in [0.15, 0.2) is 0 Å². The highest BCUT2D eigenvalue weighted by Gasteiger charge is 2.33. The van der Waals surface area contributed by atoms with Crippen LogP contribution in [0.3, 0.4) is 0 Å². The number of nitrogens with zero attached hydrogens (tertiary/aromatic N) is 4. The van der Waals surface area contributed by atoms with Crippen molar-refractivity contribution >= 4 is 6.09 Å². The van der Waals surface area contributed by atoms with E-state index < -0.39 is 6.09 Å². The molecule has 114 valence electrons. The van der Waals surface area contributed by atoms with Gasteiger partial charge in [0.1, 0.15) is 0 Å². The lowest BCUT2D eigenvalue weighted by Gasteiger charge is -2.30. The molecule has 0 saturated carbocycles. The highest BCUT2D eigenvalue weighted by molar-refractivity contribution is 5.69. The van der Waals surface area contributed by atoms with Crippen LogP contribution in [0.1, 0.15) is 30.2 Å². The van der Waals surface area contributed by atoms with E-state index in [0.29, 0.717) is 13.0 Å². The topological polar surface area (TPSA) is 71.2 Å². The number of rotatable bonds is 0. The van der Waals surface area contributed by atoms with Gasteiger partial charge in [0.05, 0.1) is 23.6 Å². The van der Waals surface area contributed by atoms with E-state index in [1.807, 2.05) is 17.7 Å². The predicted octanol–water partition coefficient (Wildman–Crippen LogP) is 2.32. The van der Waals surface area contributed by atoms with Crippen molar-refractivity contribution in [1.82, 2.24) is 19.7 Å². The first-order valence-corrected chi connectivity index (χ1v) is 7.67. The largest absolute Gasteiger partial charge is 0.465 e. The first kappa shape index (κ1) is 13.3. The second-order valence-corrected chi connectivity index (χ2v) is 6.08. The molecule has 1 atom stereocenters. The fourth-order valence-electron chi connectivity index (χ4n) is 3.55. The quantitative estimate of drug-likeness (QED) is 0.810. The van der Waals surface area contributed by atoms with Crippen LogP contribution in [0.5, 0.6) is 0 Å². The molecule has 6 nitrogen and oxygen atoms in total. The molecule has 1 unspecified atom stereocenters. The zero-order valence-electron chi connectivity index (χ0n) is 12.5. The predicted molar refractivity (Wildman–Crippen MR) is 80.5 cm³/mol. The third kappa shape index (κ3) is 1.90. The standard InChI is InChI=1S/C16H18N4O2/c1-10-8-13-12(9-19(10)16(21)22)15-14-11(4-2-6-17-14)5-3-7-20(15)18-13/h2,4,6,10H,3,5,7-9H2,1H3,(H,21,22). The lowest BCUT2D eigenvalue weighted by atomic mass is 9.97. The molecule has 0 saturated heterocycles. The van der Waals surface area contributed by atoms with Crippen LogP contribution < -0.4 is 0 Å². The molecule has 1 N–H and O–H groups in total. The summed E-state index contributed by atoms with van der Waals surface area (Å²) in [4.78, 5) is 17.5. The van der Waals surface area contributed by atoms with Crippen molar-refractivity contribution in [3.63, 3.8) is 0 Å². The van der Waals surface area contributed by atoms with Gasteiger partial charge < -0.3 is 10.0 Å². The van der Waals surface area contributed by atoms with Crippen molar-refractivity contribution < 1.29 is 9.90 Å². The van der Waals surface area contributed by atoms with Crippen molar-refractivity contribution in [3.8, 4) is 11.4 Å². The summed E-state index contributed by atoms with van der Waals surface area (Å²) >= 11 is 0.